The first kappa shape index (κ1) is 23.5. The number of amides is 1. The number of carbonyl (C=O) groups excluding carboxylic acids is 1. The zero-order valence-electron chi connectivity index (χ0n) is 19.8. The van der Waals surface area contributed by atoms with Crippen molar-refractivity contribution in [2.75, 3.05) is 6.54 Å². The second-order valence-electron chi connectivity index (χ2n) is 8.75. The molecule has 0 aliphatic rings. The first-order valence-electron chi connectivity index (χ1n) is 12.4. The third-order valence-electron chi connectivity index (χ3n) is 6.22. The number of hydrogen-bond acceptors (Lipinski definition) is 1. The van der Waals surface area contributed by atoms with E-state index in [1.165, 1.54) is 24.8 Å². The van der Waals surface area contributed by atoms with Crippen LogP contribution in [0.15, 0.2) is 109 Å². The summed E-state index contributed by atoms with van der Waals surface area (Å²) in [6, 6.07) is 37.3. The lowest BCUT2D eigenvalue weighted by Gasteiger charge is -2.13. The Kier molecular flexibility index (Phi) is 8.68. The van der Waals surface area contributed by atoms with Gasteiger partial charge in [-0.3, -0.25) is 4.79 Å². The molecule has 0 fully saturated rings. The molecule has 0 aromatic heterocycles. The van der Waals surface area contributed by atoms with Gasteiger partial charge in [0.05, 0.1) is 0 Å². The molecule has 2 nitrogen and oxygen atoms in total. The maximum absolute atomic E-state index is 12.9. The first-order valence-corrected chi connectivity index (χ1v) is 12.4. The predicted octanol–water partition coefficient (Wildman–Crippen LogP) is 7.94. The van der Waals surface area contributed by atoms with Crippen LogP contribution < -0.4 is 5.32 Å². The Morgan fingerprint density at radius 1 is 0.559 bits per heavy atom. The Labute approximate surface area is 203 Å². The van der Waals surface area contributed by atoms with Crippen molar-refractivity contribution >= 4 is 5.91 Å². The molecular formula is C32H33NO. The quantitative estimate of drug-likeness (QED) is 0.232. The van der Waals surface area contributed by atoms with E-state index in [1.54, 1.807) is 0 Å². The Morgan fingerprint density at radius 3 is 1.79 bits per heavy atom. The molecule has 2 heteroatoms. The van der Waals surface area contributed by atoms with E-state index in [0.29, 0.717) is 5.56 Å². The average molecular weight is 448 g/mol. The second kappa shape index (κ2) is 12.6. The Bertz CT molecular complexity index is 1150. The number of benzene rings is 4. The van der Waals surface area contributed by atoms with E-state index < -0.39 is 0 Å². The molecule has 0 heterocycles. The highest BCUT2D eigenvalue weighted by atomic mass is 16.1. The molecule has 0 atom stereocenters. The van der Waals surface area contributed by atoms with Gasteiger partial charge >= 0.3 is 0 Å². The Balaban J connectivity index is 1.29. The highest BCUT2D eigenvalue weighted by molar-refractivity contribution is 5.97. The summed E-state index contributed by atoms with van der Waals surface area (Å²) in [6.45, 7) is 0.721. The van der Waals surface area contributed by atoms with Gasteiger partial charge in [-0.25, -0.2) is 0 Å². The molecule has 1 N–H and O–H groups in total. The molecule has 0 radical (unpaired) electrons. The van der Waals surface area contributed by atoms with Crippen LogP contribution in [0.2, 0.25) is 0 Å². The van der Waals surface area contributed by atoms with Crippen molar-refractivity contribution in [3.05, 3.63) is 120 Å². The van der Waals surface area contributed by atoms with Crippen molar-refractivity contribution < 1.29 is 4.79 Å². The monoisotopic (exact) mass is 447 g/mol. The SMILES string of the molecule is O=C(NCCCCCCCc1ccccc1)c1ccc(-c2ccccc2)c(-c2ccccc2)c1. The number of nitrogens with one attached hydrogen (secondary N) is 1. The largest absolute Gasteiger partial charge is 0.352 e. The van der Waals surface area contributed by atoms with Gasteiger partial charge < -0.3 is 5.32 Å². The average Bonchev–Trinajstić information content (AvgIpc) is 2.91. The van der Waals surface area contributed by atoms with Crippen molar-refractivity contribution in [1.82, 2.24) is 5.32 Å². The van der Waals surface area contributed by atoms with Crippen molar-refractivity contribution in [2.45, 2.75) is 38.5 Å². The van der Waals surface area contributed by atoms with Crippen LogP contribution in [-0.4, -0.2) is 12.5 Å². The lowest BCUT2D eigenvalue weighted by atomic mass is 9.92. The number of aryl methyl sites for hydroxylation is 1. The number of rotatable bonds is 11. The fourth-order valence-electron chi connectivity index (χ4n) is 4.34. The molecule has 0 unspecified atom stereocenters. The van der Waals surface area contributed by atoms with Gasteiger partial charge in [0.1, 0.15) is 0 Å². The lowest BCUT2D eigenvalue weighted by molar-refractivity contribution is 0.0953. The minimum atomic E-state index is 0.000806. The van der Waals surface area contributed by atoms with Crippen LogP contribution in [0.1, 0.15) is 48.0 Å². The zero-order valence-corrected chi connectivity index (χ0v) is 19.8. The van der Waals surface area contributed by atoms with E-state index in [-0.39, 0.29) is 5.91 Å². The fraction of sp³-hybridized carbons (Fsp3) is 0.219. The number of hydrogen-bond donors (Lipinski definition) is 1. The van der Waals surface area contributed by atoms with Gasteiger partial charge in [-0.05, 0) is 59.2 Å². The zero-order chi connectivity index (χ0) is 23.4. The Hall–Kier alpha value is -3.65. The van der Waals surface area contributed by atoms with E-state index in [0.717, 1.165) is 48.1 Å². The second-order valence-corrected chi connectivity index (χ2v) is 8.75. The molecule has 0 spiro atoms. The summed E-state index contributed by atoms with van der Waals surface area (Å²) in [5.74, 6) is 0.000806. The van der Waals surface area contributed by atoms with Crippen molar-refractivity contribution in [1.29, 1.82) is 0 Å². The van der Waals surface area contributed by atoms with E-state index in [4.69, 9.17) is 0 Å². The van der Waals surface area contributed by atoms with Gasteiger partial charge in [0.2, 0.25) is 0 Å². The van der Waals surface area contributed by atoms with Crippen LogP contribution in [0.25, 0.3) is 22.3 Å². The normalized spacial score (nSPS) is 10.7. The summed E-state index contributed by atoms with van der Waals surface area (Å²) < 4.78 is 0. The molecule has 4 aromatic carbocycles. The third-order valence-corrected chi connectivity index (χ3v) is 6.22. The molecule has 0 aliphatic heterocycles. The fourth-order valence-corrected chi connectivity index (χ4v) is 4.34. The molecule has 0 bridgehead atoms. The minimum absolute atomic E-state index is 0.000806. The first-order chi connectivity index (χ1) is 16.8. The van der Waals surface area contributed by atoms with Crippen LogP contribution in [0, 0.1) is 0 Å². The van der Waals surface area contributed by atoms with Gasteiger partial charge in [0.25, 0.3) is 5.91 Å². The van der Waals surface area contributed by atoms with Gasteiger partial charge in [-0.1, -0.05) is 116 Å². The molecule has 0 saturated heterocycles. The highest BCUT2D eigenvalue weighted by Gasteiger charge is 2.12. The topological polar surface area (TPSA) is 29.1 Å². The van der Waals surface area contributed by atoms with Gasteiger partial charge in [-0.15, -0.1) is 0 Å². The summed E-state index contributed by atoms with van der Waals surface area (Å²) in [6.07, 6.45) is 7.01. The van der Waals surface area contributed by atoms with E-state index in [2.05, 4.69) is 66.0 Å². The predicted molar refractivity (Wildman–Crippen MR) is 143 cm³/mol. The maximum atomic E-state index is 12.9. The van der Waals surface area contributed by atoms with Crippen LogP contribution in [0.3, 0.4) is 0 Å². The summed E-state index contributed by atoms with van der Waals surface area (Å²) in [5, 5.41) is 3.11. The smallest absolute Gasteiger partial charge is 0.251 e. The van der Waals surface area contributed by atoms with Crippen LogP contribution in [0.5, 0.6) is 0 Å². The van der Waals surface area contributed by atoms with Gasteiger partial charge in [-0.2, -0.15) is 0 Å². The molecule has 172 valence electrons. The molecule has 34 heavy (non-hydrogen) atoms. The minimum Gasteiger partial charge on any atom is -0.352 e. The van der Waals surface area contributed by atoms with Gasteiger partial charge in [0, 0.05) is 12.1 Å². The van der Waals surface area contributed by atoms with E-state index in [9.17, 15) is 4.79 Å². The molecule has 0 saturated carbocycles. The lowest BCUT2D eigenvalue weighted by Crippen LogP contribution is -2.24. The van der Waals surface area contributed by atoms with Crippen molar-refractivity contribution in [2.24, 2.45) is 0 Å². The molecular weight excluding hydrogens is 414 g/mol. The van der Waals surface area contributed by atoms with Gasteiger partial charge in [0.15, 0.2) is 0 Å². The van der Waals surface area contributed by atoms with Crippen LogP contribution in [-0.2, 0) is 6.42 Å². The Morgan fingerprint density at radius 2 is 1.12 bits per heavy atom. The summed E-state index contributed by atoms with van der Waals surface area (Å²) in [7, 11) is 0. The molecule has 4 rings (SSSR count). The van der Waals surface area contributed by atoms with Crippen LogP contribution in [0.4, 0.5) is 0 Å². The van der Waals surface area contributed by atoms with E-state index in [1.807, 2.05) is 48.5 Å². The molecule has 4 aromatic rings. The third kappa shape index (κ3) is 6.68. The summed E-state index contributed by atoms with van der Waals surface area (Å²) in [5.41, 5.74) is 6.62. The summed E-state index contributed by atoms with van der Waals surface area (Å²) >= 11 is 0. The van der Waals surface area contributed by atoms with Crippen molar-refractivity contribution in [3.63, 3.8) is 0 Å². The van der Waals surface area contributed by atoms with Crippen molar-refractivity contribution in [3.8, 4) is 22.3 Å². The van der Waals surface area contributed by atoms with Crippen LogP contribution >= 0.6 is 0 Å². The highest BCUT2D eigenvalue weighted by Crippen LogP contribution is 2.33. The maximum Gasteiger partial charge on any atom is 0.251 e. The molecule has 1 amide bonds. The van der Waals surface area contributed by atoms with E-state index >= 15 is 0 Å². The number of carbonyl (C=O) groups is 1. The number of unbranched alkanes of at least 4 members (excludes halogenated alkanes) is 4. The molecule has 0 aliphatic carbocycles. The standard InChI is InChI=1S/C32H33NO/c34-32(33-24-14-3-1-2-7-15-26-16-8-4-9-17-26)29-22-23-30(27-18-10-5-11-19-27)31(25-29)28-20-12-6-13-21-28/h4-6,8-13,16-23,25H,1-3,7,14-15,24H2,(H,33,34). The summed E-state index contributed by atoms with van der Waals surface area (Å²) in [4.78, 5) is 12.9.